The van der Waals surface area contributed by atoms with E-state index in [4.69, 9.17) is 23.2 Å². The Hall–Kier alpha value is -0.540. The monoisotopic (exact) mass is 2040 g/mol. The van der Waals surface area contributed by atoms with Gasteiger partial charge in [-0.05, 0) is 231 Å². The van der Waals surface area contributed by atoms with Gasteiger partial charge in [0.15, 0.2) is 0 Å². The van der Waals surface area contributed by atoms with E-state index >= 15 is 0 Å². The van der Waals surface area contributed by atoms with Gasteiger partial charge in [-0.3, -0.25) is 0 Å². The van der Waals surface area contributed by atoms with Crippen LogP contribution in [0.3, 0.4) is 0 Å². The lowest BCUT2D eigenvalue weighted by Gasteiger charge is -2.25. The van der Waals surface area contributed by atoms with Crippen LogP contribution in [0.15, 0.2) is 0 Å². The predicted molar refractivity (Wildman–Crippen MR) is 591 cm³/mol. The van der Waals surface area contributed by atoms with E-state index in [0.717, 1.165) is 95.2 Å². The van der Waals surface area contributed by atoms with E-state index in [0.29, 0.717) is 45.8 Å². The summed E-state index contributed by atoms with van der Waals surface area (Å²) in [5.41, 5.74) is 1.02. The first kappa shape index (κ1) is 175. The fraction of sp³-hybridized carbons (Fsp3) is 1.00. The summed E-state index contributed by atoms with van der Waals surface area (Å²) in [6.07, 6.45) is -4.14. The lowest BCUT2D eigenvalue weighted by atomic mass is 9.84. The molecular weight excluding hydrogens is 1790 g/mol. The summed E-state index contributed by atoms with van der Waals surface area (Å²) in [5.74, 6) is 7.35. The van der Waals surface area contributed by atoms with Crippen molar-refractivity contribution in [3.63, 3.8) is 0 Å². The van der Waals surface area contributed by atoms with Crippen molar-refractivity contribution >= 4 is 23.2 Å². The number of rotatable bonds is 32. The van der Waals surface area contributed by atoms with Crippen molar-refractivity contribution in [1.29, 1.82) is 0 Å². The van der Waals surface area contributed by atoms with Crippen LogP contribution in [0, 0.1) is 182 Å². The minimum Gasteiger partial charge on any atom is -0.248 e. The second-order valence-electron chi connectivity index (χ2n) is 49.1. The average Bonchev–Trinajstić information content (AvgIpc) is 0.868. The van der Waals surface area contributed by atoms with Gasteiger partial charge in [0.2, 0.25) is 5.92 Å². The van der Waals surface area contributed by atoms with Crippen LogP contribution in [0.2, 0.25) is 0 Å². The van der Waals surface area contributed by atoms with Gasteiger partial charge < -0.3 is 0 Å². The molecule has 13 unspecified atom stereocenters. The lowest BCUT2D eigenvalue weighted by Crippen LogP contribution is -2.28. The van der Waals surface area contributed by atoms with Crippen molar-refractivity contribution < 1.29 is 70.2 Å². The van der Waals surface area contributed by atoms with Crippen molar-refractivity contribution in [2.45, 2.75) is 586 Å². The van der Waals surface area contributed by atoms with Crippen LogP contribution in [-0.4, -0.2) is 53.7 Å². The highest BCUT2D eigenvalue weighted by Gasteiger charge is 2.42. The van der Waals surface area contributed by atoms with Gasteiger partial charge in [-0.1, -0.05) is 448 Å². The fourth-order valence-electron chi connectivity index (χ4n) is 10.6. The molecule has 0 aliphatic carbocycles. The highest BCUT2D eigenvalue weighted by atomic mass is 35.5. The molecule has 0 aromatic rings. The van der Waals surface area contributed by atoms with Crippen molar-refractivity contribution in [2.75, 3.05) is 0 Å². The molecule has 0 bridgehead atoms. The van der Waals surface area contributed by atoms with E-state index in [1.54, 1.807) is 62.3 Å². The zero-order valence-electron chi connectivity index (χ0n) is 103. The summed E-state index contributed by atoms with van der Waals surface area (Å²) in [5, 5.41) is 0.699. The van der Waals surface area contributed by atoms with E-state index in [2.05, 4.69) is 277 Å². The van der Waals surface area contributed by atoms with Crippen molar-refractivity contribution in [3.8, 4) is 0 Å². The molecule has 0 aromatic heterocycles. The highest BCUT2D eigenvalue weighted by Crippen LogP contribution is 2.38. The molecule has 0 heterocycles. The Morgan fingerprint density at radius 3 is 0.596 bits per heavy atom. The van der Waals surface area contributed by atoms with Gasteiger partial charge in [0.1, 0.15) is 0 Å². The Morgan fingerprint density at radius 2 is 0.551 bits per heavy atom. The van der Waals surface area contributed by atoms with Crippen molar-refractivity contribution in [2.24, 2.45) is 182 Å². The number of hydrogen-bond donors (Lipinski definition) is 0. The van der Waals surface area contributed by atoms with Crippen LogP contribution in [0.25, 0.3) is 0 Å². The Kier molecular flexibility index (Phi) is 127. The molecule has 0 aromatic carbocycles. The molecule has 0 N–H and O–H groups in total. The van der Waals surface area contributed by atoms with Crippen LogP contribution in [0.5, 0.6) is 0 Å². The minimum atomic E-state index is -4.04. The van der Waals surface area contributed by atoms with Crippen LogP contribution < -0.4 is 0 Å². The second kappa shape index (κ2) is 99.1. The molecule has 0 radical (unpaired) electrons. The molecule has 0 fully saturated rings. The van der Waals surface area contributed by atoms with Gasteiger partial charge >= 0.3 is 24.7 Å². The van der Waals surface area contributed by atoms with Gasteiger partial charge in [0.25, 0.3) is 0 Å². The van der Waals surface area contributed by atoms with Gasteiger partial charge in [0, 0.05) is 23.6 Å². The number of alkyl halides is 18. The van der Waals surface area contributed by atoms with E-state index in [1.807, 2.05) is 76.2 Å². The third-order valence-corrected chi connectivity index (χ3v) is 25.8. The topological polar surface area (TPSA) is 0 Å². The Bertz CT molecular complexity index is 2140. The Balaban J connectivity index is -0.0000000740. The first-order valence-electron chi connectivity index (χ1n) is 54.4. The normalized spacial score (nSPS) is 14.7. The lowest BCUT2D eigenvalue weighted by molar-refractivity contribution is -0.186. The van der Waals surface area contributed by atoms with Crippen LogP contribution >= 0.6 is 23.2 Å². The molecule has 850 valence electrons. The summed E-state index contributed by atoms with van der Waals surface area (Å²) in [4.78, 5) is 0. The molecule has 0 amide bonds. The van der Waals surface area contributed by atoms with E-state index < -0.39 is 66.6 Å². The molecule has 0 spiro atoms. The standard InChI is InChI=1S/C9H20.2C8H15F3.3C8H18.C7H13F3.C7H14F2.3C7H16.C6H13Cl.C6H11F3.C6H13F.C6H14.C5H11Cl.C5H11F/c1-6-8(4)9(5)7(2)3;1-5(2)6(3)7(4)8(9,10)11;1-4-7(5-6(2)3)8(9,10)11;1-7(2)6-8(3,4)5;1-7(2)5-6-8(3)4;1-5-8(4)6-7(2)3;1-4-6(5(2)3)7(8,9)10;1-4-7(8,9)5-6(2)3;1-6(2)7(3,4)5;1-6(2)5-7(3)4;1-5-7(4)6(2)3;1-4-6(7)5(2)3;1-4(2)5(3)6(7,8)9;1-5(2)4-6(3)7;1-5(2)6(3)4;2*1-4(2)5(3)6/h7-9H,6H2,1-5H3;5-7H,1-4H3;6-7H,4-5H2,1-3H3;7H,6H2,1-5H3;2*7-8H,5-6H2,1-4H3;5-6H,4H2,1-3H3;6H,4-5H2,1-3H3;6H,1-5H3;2*6-7H,5H2,1-4H3;5-6H,4H2,1-3H3;4-5H,1-3H3;5-6H,4H2,1-3H3;5-6H,1-4H3;2*4-5H,1-3H3. The molecule has 0 saturated carbocycles. The summed E-state index contributed by atoms with van der Waals surface area (Å²) in [6, 6.07) is 0. The Morgan fingerprint density at radius 1 is 0.250 bits per heavy atom. The Labute approximate surface area is 857 Å². The largest absolute Gasteiger partial charge is 0.392 e. The third-order valence-electron chi connectivity index (χ3n) is 24.5. The van der Waals surface area contributed by atoms with Crippen molar-refractivity contribution in [1.82, 2.24) is 0 Å². The number of halogens is 18. The highest BCUT2D eigenvalue weighted by molar-refractivity contribution is 6.20. The third kappa shape index (κ3) is 164. The maximum Gasteiger partial charge on any atom is 0.392 e. The van der Waals surface area contributed by atoms with Crippen molar-refractivity contribution in [3.05, 3.63) is 0 Å². The molecule has 13 atom stereocenters. The quantitative estimate of drug-likeness (QED) is 0.0465. The smallest absolute Gasteiger partial charge is 0.248 e. The molecule has 0 saturated heterocycles. The zero-order valence-corrected chi connectivity index (χ0v) is 104. The summed E-state index contributed by atoms with van der Waals surface area (Å²) < 4.78 is 192. The van der Waals surface area contributed by atoms with E-state index in [1.165, 1.54) is 72.1 Å². The van der Waals surface area contributed by atoms with E-state index in [9.17, 15) is 70.2 Å². The zero-order chi connectivity index (χ0) is 114. The molecule has 18 heteroatoms. The molecule has 136 heavy (non-hydrogen) atoms. The first-order chi connectivity index (χ1) is 60.1. The molecular formula is C118H252Cl2F16. The summed E-state index contributed by atoms with van der Waals surface area (Å²) in [6.45, 7) is 129. The minimum absolute atomic E-state index is 0.0174. The SMILES string of the molecule is CC(C)C(C)(C)C.CC(C)C(C)C.CC(C)C(C)C(C)C(F)(F)F.CC(C)C(C)C(F)(F)F.CC(C)C(C)Cl.CC(C)C(C)F.CC(C)CC(C)(C)C.CC(C)CC(C)C.CC(C)CC(C)F.CC(C)CCC(C)C.CCC(C(C)C)C(F)(F)F.CCC(C)C(C)C.CCC(C)C(C)C(C)C.CCC(C)CC(C)C.CCC(CC(C)C)C(F)(F)F.CCC(Cl)C(C)C.CCC(F)(F)CC(C)C. The fourth-order valence-corrected chi connectivity index (χ4v) is 10.6. The predicted octanol–water partition coefficient (Wildman–Crippen LogP) is 48.5. The molecule has 0 aliphatic rings. The molecule has 0 nitrogen and oxygen atoms in total. The summed E-state index contributed by atoms with van der Waals surface area (Å²) >= 11 is 11.4. The van der Waals surface area contributed by atoms with Gasteiger partial charge in [-0.2, -0.15) is 52.7 Å². The average molecular weight is 2050 g/mol. The number of hydrogen-bond acceptors (Lipinski definition) is 0. The maximum absolute atomic E-state index is 12.4. The van der Waals surface area contributed by atoms with Crippen LogP contribution in [-0.2, 0) is 0 Å². The second-order valence-corrected chi connectivity index (χ2v) is 50.4. The first-order valence-corrected chi connectivity index (χ1v) is 55.2. The van der Waals surface area contributed by atoms with Crippen LogP contribution in [0.1, 0.15) is 533 Å². The molecule has 0 aliphatic heterocycles. The summed E-state index contributed by atoms with van der Waals surface area (Å²) in [7, 11) is 0. The van der Waals surface area contributed by atoms with Crippen LogP contribution in [0.4, 0.5) is 70.2 Å². The maximum atomic E-state index is 12.4. The van der Waals surface area contributed by atoms with Gasteiger partial charge in [0.05, 0.1) is 36.0 Å². The molecule has 0 rings (SSSR count). The van der Waals surface area contributed by atoms with Gasteiger partial charge in [-0.15, -0.1) is 23.2 Å². The van der Waals surface area contributed by atoms with Gasteiger partial charge in [-0.25, -0.2) is 17.6 Å². The van der Waals surface area contributed by atoms with E-state index in [-0.39, 0.29) is 73.5 Å².